The molecule has 1 amide bonds. The molecule has 0 aliphatic carbocycles. The van der Waals surface area contributed by atoms with Crippen molar-refractivity contribution in [2.24, 2.45) is 0 Å². The molecule has 0 aliphatic heterocycles. The van der Waals surface area contributed by atoms with Crippen molar-refractivity contribution in [3.8, 4) is 11.5 Å². The molecule has 5 heteroatoms. The summed E-state index contributed by atoms with van der Waals surface area (Å²) in [6.45, 7) is 2.01. The number of nitrogens with one attached hydrogen (secondary N) is 1. The van der Waals surface area contributed by atoms with Crippen molar-refractivity contribution in [1.29, 1.82) is 0 Å². The predicted octanol–water partition coefficient (Wildman–Crippen LogP) is 4.21. The molecule has 2 rings (SSSR count). The minimum Gasteiger partial charge on any atom is -0.497 e. The van der Waals surface area contributed by atoms with Gasteiger partial charge in [-0.15, -0.1) is 11.8 Å². The molecule has 0 spiro atoms. The monoisotopic (exact) mass is 331 g/mol. The van der Waals surface area contributed by atoms with Crippen LogP contribution in [0.4, 0.5) is 5.69 Å². The molecule has 4 nitrogen and oxygen atoms in total. The van der Waals surface area contributed by atoms with Crippen LogP contribution in [0.5, 0.6) is 11.5 Å². The molecule has 122 valence electrons. The SMILES string of the molecule is CCC(Sc1ccccc1)C(=O)Nc1ccc(OC)cc1OC. The van der Waals surface area contributed by atoms with E-state index in [9.17, 15) is 4.79 Å². The number of hydrogen-bond donors (Lipinski definition) is 1. The number of hydrogen-bond acceptors (Lipinski definition) is 4. The molecule has 1 unspecified atom stereocenters. The van der Waals surface area contributed by atoms with Gasteiger partial charge in [0.25, 0.3) is 0 Å². The number of thioether (sulfide) groups is 1. The molecule has 0 aliphatic rings. The molecule has 0 saturated carbocycles. The van der Waals surface area contributed by atoms with Crippen molar-refractivity contribution in [3.63, 3.8) is 0 Å². The van der Waals surface area contributed by atoms with E-state index >= 15 is 0 Å². The third-order valence-corrected chi connectivity index (χ3v) is 4.73. The van der Waals surface area contributed by atoms with Gasteiger partial charge in [-0.25, -0.2) is 0 Å². The second kappa shape index (κ2) is 8.48. The molecule has 0 saturated heterocycles. The Morgan fingerprint density at radius 3 is 2.48 bits per heavy atom. The summed E-state index contributed by atoms with van der Waals surface area (Å²) in [6, 6.07) is 15.3. The third-order valence-electron chi connectivity index (χ3n) is 3.35. The van der Waals surface area contributed by atoms with Gasteiger partial charge in [0.2, 0.25) is 5.91 Å². The fourth-order valence-electron chi connectivity index (χ4n) is 2.10. The summed E-state index contributed by atoms with van der Waals surface area (Å²) >= 11 is 1.56. The van der Waals surface area contributed by atoms with Gasteiger partial charge >= 0.3 is 0 Å². The van der Waals surface area contributed by atoms with Crippen LogP contribution in [-0.4, -0.2) is 25.4 Å². The normalized spacial score (nSPS) is 11.6. The van der Waals surface area contributed by atoms with Gasteiger partial charge < -0.3 is 14.8 Å². The van der Waals surface area contributed by atoms with Gasteiger partial charge in [0.05, 0.1) is 25.2 Å². The Morgan fingerprint density at radius 2 is 1.87 bits per heavy atom. The average molecular weight is 331 g/mol. The van der Waals surface area contributed by atoms with Gasteiger partial charge in [0, 0.05) is 11.0 Å². The zero-order valence-corrected chi connectivity index (χ0v) is 14.4. The van der Waals surface area contributed by atoms with Gasteiger partial charge in [-0.2, -0.15) is 0 Å². The van der Waals surface area contributed by atoms with Gasteiger partial charge in [0.1, 0.15) is 11.5 Å². The summed E-state index contributed by atoms with van der Waals surface area (Å²) in [5.74, 6) is 1.23. The van der Waals surface area contributed by atoms with Gasteiger partial charge in [-0.1, -0.05) is 25.1 Å². The quantitative estimate of drug-likeness (QED) is 0.772. The number of anilines is 1. The van der Waals surface area contributed by atoms with Crippen LogP contribution in [0.25, 0.3) is 0 Å². The van der Waals surface area contributed by atoms with Crippen LogP contribution in [0, 0.1) is 0 Å². The van der Waals surface area contributed by atoms with Crippen LogP contribution in [0.1, 0.15) is 13.3 Å². The number of ether oxygens (including phenoxy) is 2. The van der Waals surface area contributed by atoms with Crippen LogP contribution < -0.4 is 14.8 Å². The molecule has 1 atom stereocenters. The molecule has 0 bridgehead atoms. The van der Waals surface area contributed by atoms with E-state index in [2.05, 4.69) is 5.32 Å². The van der Waals surface area contributed by atoms with Gasteiger partial charge in [0.15, 0.2) is 0 Å². The maximum absolute atomic E-state index is 12.6. The summed E-state index contributed by atoms with van der Waals surface area (Å²) in [4.78, 5) is 13.6. The number of amides is 1. The van der Waals surface area contributed by atoms with Crippen molar-refractivity contribution in [2.45, 2.75) is 23.5 Å². The summed E-state index contributed by atoms with van der Waals surface area (Å²) in [5, 5.41) is 2.78. The number of rotatable bonds is 7. The largest absolute Gasteiger partial charge is 0.497 e. The van der Waals surface area contributed by atoms with E-state index in [-0.39, 0.29) is 11.2 Å². The van der Waals surface area contributed by atoms with Crippen molar-refractivity contribution in [1.82, 2.24) is 0 Å². The van der Waals surface area contributed by atoms with Crippen molar-refractivity contribution in [3.05, 3.63) is 48.5 Å². The number of carbonyl (C=O) groups is 1. The Labute approximate surface area is 141 Å². The van der Waals surface area contributed by atoms with E-state index in [1.807, 2.05) is 37.3 Å². The molecule has 2 aromatic rings. The first-order valence-electron chi connectivity index (χ1n) is 7.42. The van der Waals surface area contributed by atoms with Crippen molar-refractivity contribution >= 4 is 23.4 Å². The molecule has 2 aromatic carbocycles. The Morgan fingerprint density at radius 1 is 1.13 bits per heavy atom. The molecule has 0 aromatic heterocycles. The van der Waals surface area contributed by atoms with Crippen LogP contribution >= 0.6 is 11.8 Å². The summed E-state index contributed by atoms with van der Waals surface area (Å²) in [7, 11) is 3.16. The standard InChI is InChI=1S/C18H21NO3S/c1-4-17(23-14-8-6-5-7-9-14)18(20)19-15-11-10-13(21-2)12-16(15)22-3/h5-12,17H,4H2,1-3H3,(H,19,20). The van der Waals surface area contributed by atoms with E-state index in [1.54, 1.807) is 44.2 Å². The highest BCUT2D eigenvalue weighted by atomic mass is 32.2. The highest BCUT2D eigenvalue weighted by Gasteiger charge is 2.19. The lowest BCUT2D eigenvalue weighted by molar-refractivity contribution is -0.115. The third kappa shape index (κ3) is 4.66. The fraction of sp³-hybridized carbons (Fsp3) is 0.278. The lowest BCUT2D eigenvalue weighted by atomic mass is 10.2. The highest BCUT2D eigenvalue weighted by Crippen LogP contribution is 2.31. The Balaban J connectivity index is 2.10. The van der Waals surface area contributed by atoms with Gasteiger partial charge in [-0.05, 0) is 30.7 Å². The Hall–Kier alpha value is -2.14. The van der Waals surface area contributed by atoms with E-state index in [1.165, 1.54) is 0 Å². The Kier molecular flexibility index (Phi) is 6.35. The molecule has 0 radical (unpaired) electrons. The second-order valence-electron chi connectivity index (χ2n) is 4.88. The first-order valence-corrected chi connectivity index (χ1v) is 8.30. The van der Waals surface area contributed by atoms with E-state index < -0.39 is 0 Å². The summed E-state index contributed by atoms with van der Waals surface area (Å²) in [6.07, 6.45) is 0.740. The Bertz CT molecular complexity index is 646. The first-order chi connectivity index (χ1) is 11.2. The van der Waals surface area contributed by atoms with Crippen LogP contribution in [0.15, 0.2) is 53.4 Å². The van der Waals surface area contributed by atoms with Gasteiger partial charge in [-0.3, -0.25) is 4.79 Å². The minimum atomic E-state index is -0.163. The number of carbonyl (C=O) groups excluding carboxylic acids is 1. The topological polar surface area (TPSA) is 47.6 Å². The van der Waals surface area contributed by atoms with Crippen LogP contribution in [-0.2, 0) is 4.79 Å². The zero-order valence-electron chi connectivity index (χ0n) is 13.5. The maximum atomic E-state index is 12.6. The van der Waals surface area contributed by atoms with Crippen molar-refractivity contribution in [2.75, 3.05) is 19.5 Å². The van der Waals surface area contributed by atoms with E-state index in [0.717, 1.165) is 11.3 Å². The summed E-state index contributed by atoms with van der Waals surface area (Å²) in [5.41, 5.74) is 0.644. The molecular formula is C18H21NO3S. The predicted molar refractivity (Wildman–Crippen MR) is 94.6 cm³/mol. The molecule has 23 heavy (non-hydrogen) atoms. The summed E-state index contributed by atoms with van der Waals surface area (Å²) < 4.78 is 10.5. The zero-order chi connectivity index (χ0) is 16.7. The highest BCUT2D eigenvalue weighted by molar-refractivity contribution is 8.00. The lowest BCUT2D eigenvalue weighted by Crippen LogP contribution is -2.24. The van der Waals surface area contributed by atoms with Crippen molar-refractivity contribution < 1.29 is 14.3 Å². The maximum Gasteiger partial charge on any atom is 0.237 e. The average Bonchev–Trinajstić information content (AvgIpc) is 2.60. The minimum absolute atomic E-state index is 0.0372. The first kappa shape index (κ1) is 17.2. The number of methoxy groups -OCH3 is 2. The fourth-order valence-corrected chi connectivity index (χ4v) is 3.08. The smallest absolute Gasteiger partial charge is 0.237 e. The molecule has 0 heterocycles. The molecular weight excluding hydrogens is 310 g/mol. The lowest BCUT2D eigenvalue weighted by Gasteiger charge is -2.16. The number of benzene rings is 2. The second-order valence-corrected chi connectivity index (χ2v) is 6.16. The molecule has 1 N–H and O–H groups in total. The van der Waals surface area contributed by atoms with E-state index in [0.29, 0.717) is 17.2 Å². The van der Waals surface area contributed by atoms with Crippen LogP contribution in [0.2, 0.25) is 0 Å². The molecule has 0 fully saturated rings. The van der Waals surface area contributed by atoms with E-state index in [4.69, 9.17) is 9.47 Å². The van der Waals surface area contributed by atoms with Crippen LogP contribution in [0.3, 0.4) is 0 Å².